The Morgan fingerprint density at radius 2 is 1.12 bits per heavy atom. The molecule has 0 aromatic heterocycles. The Bertz CT molecular complexity index is 69.5. The molecule has 2 rings (SSSR count). The van der Waals surface area contributed by atoms with Gasteiger partial charge in [0.1, 0.15) is 0 Å². The molecule has 2 aliphatic heterocycles. The zero-order valence-corrected chi connectivity index (χ0v) is 11.4. The van der Waals surface area contributed by atoms with Crippen LogP contribution in [0.1, 0.15) is 66.6 Å². The van der Waals surface area contributed by atoms with E-state index in [0.717, 1.165) is 13.2 Å². The molecule has 0 aromatic carbocycles. The summed E-state index contributed by atoms with van der Waals surface area (Å²) in [5.41, 5.74) is 0. The van der Waals surface area contributed by atoms with E-state index < -0.39 is 0 Å². The standard InChI is InChI=1S/C6H13N.C6H12O.C2H6.H2/c2*1-2-4-6-7-5-3-1;1-2;/h7H,1-6H2;1-6H2;1-2H3;1H. The Balaban J connectivity index is 0. The van der Waals surface area contributed by atoms with Crippen molar-refractivity contribution >= 4 is 0 Å². The van der Waals surface area contributed by atoms with E-state index in [2.05, 4.69) is 5.32 Å². The molecular formula is C14H33NO. The first-order chi connectivity index (χ1) is 8.00. The van der Waals surface area contributed by atoms with Gasteiger partial charge in [-0.05, 0) is 38.8 Å². The van der Waals surface area contributed by atoms with Gasteiger partial charge in [0.2, 0.25) is 0 Å². The van der Waals surface area contributed by atoms with E-state index >= 15 is 0 Å². The summed E-state index contributed by atoms with van der Waals surface area (Å²) in [7, 11) is 0. The van der Waals surface area contributed by atoms with Gasteiger partial charge in [-0.3, -0.25) is 0 Å². The van der Waals surface area contributed by atoms with Gasteiger partial charge in [0, 0.05) is 14.6 Å². The Morgan fingerprint density at radius 1 is 0.688 bits per heavy atom. The molecule has 2 aliphatic rings. The molecule has 0 amide bonds. The van der Waals surface area contributed by atoms with Crippen molar-refractivity contribution in [3.8, 4) is 0 Å². The van der Waals surface area contributed by atoms with Crippen LogP contribution in [0, 0.1) is 0 Å². The highest BCUT2D eigenvalue weighted by Crippen LogP contribution is 2.04. The molecule has 0 atom stereocenters. The molecule has 2 nitrogen and oxygen atoms in total. The van der Waals surface area contributed by atoms with Crippen LogP contribution in [0.5, 0.6) is 0 Å². The Kier molecular flexibility index (Phi) is 14.8. The van der Waals surface area contributed by atoms with Crippen LogP contribution in [-0.2, 0) is 4.74 Å². The van der Waals surface area contributed by atoms with Crippen molar-refractivity contribution < 1.29 is 6.16 Å². The molecule has 0 unspecified atom stereocenters. The molecule has 2 saturated heterocycles. The minimum Gasteiger partial charge on any atom is -0.381 e. The van der Waals surface area contributed by atoms with Crippen molar-refractivity contribution in [2.24, 2.45) is 0 Å². The van der Waals surface area contributed by atoms with E-state index in [1.165, 1.54) is 64.5 Å². The number of rotatable bonds is 0. The lowest BCUT2D eigenvalue weighted by atomic mass is 10.2. The lowest BCUT2D eigenvalue weighted by Gasteiger charge is -1.91. The van der Waals surface area contributed by atoms with E-state index in [0.29, 0.717) is 0 Å². The lowest BCUT2D eigenvalue weighted by molar-refractivity contribution is 0.144. The minimum absolute atomic E-state index is 0. The van der Waals surface area contributed by atoms with Gasteiger partial charge in [-0.15, -0.1) is 0 Å². The first-order valence-electron chi connectivity index (χ1n) is 7.28. The Morgan fingerprint density at radius 3 is 1.62 bits per heavy atom. The van der Waals surface area contributed by atoms with E-state index in [1.54, 1.807) is 0 Å². The molecule has 2 heteroatoms. The largest absolute Gasteiger partial charge is 0.381 e. The zero-order chi connectivity index (χ0) is 11.9. The molecule has 0 aromatic rings. The molecule has 100 valence electrons. The van der Waals surface area contributed by atoms with E-state index in [-0.39, 0.29) is 1.43 Å². The van der Waals surface area contributed by atoms with Gasteiger partial charge >= 0.3 is 0 Å². The Hall–Kier alpha value is -0.0800. The second-order valence-electron chi connectivity index (χ2n) is 4.19. The fourth-order valence-electron chi connectivity index (χ4n) is 1.84. The predicted octanol–water partition coefficient (Wildman–Crippen LogP) is 4.00. The van der Waals surface area contributed by atoms with E-state index in [4.69, 9.17) is 4.74 Å². The highest BCUT2D eigenvalue weighted by atomic mass is 16.5. The fraction of sp³-hybridized carbons (Fsp3) is 1.00. The van der Waals surface area contributed by atoms with Gasteiger partial charge in [0.25, 0.3) is 0 Å². The maximum Gasteiger partial charge on any atom is 0.0466 e. The first-order valence-corrected chi connectivity index (χ1v) is 7.28. The predicted molar refractivity (Wildman–Crippen MR) is 74.1 cm³/mol. The van der Waals surface area contributed by atoms with Gasteiger partial charge in [-0.1, -0.05) is 39.5 Å². The molecule has 0 saturated carbocycles. The van der Waals surface area contributed by atoms with Crippen LogP contribution in [-0.4, -0.2) is 26.3 Å². The van der Waals surface area contributed by atoms with Crippen LogP contribution in [0.25, 0.3) is 0 Å². The maximum atomic E-state index is 5.19. The second kappa shape index (κ2) is 14.9. The highest BCUT2D eigenvalue weighted by molar-refractivity contribution is 4.54. The lowest BCUT2D eigenvalue weighted by Crippen LogP contribution is -2.12. The normalized spacial score (nSPS) is 21.4. The smallest absolute Gasteiger partial charge is 0.0466 e. The molecule has 0 aliphatic carbocycles. The van der Waals surface area contributed by atoms with Gasteiger partial charge in [-0.25, -0.2) is 0 Å². The maximum absolute atomic E-state index is 5.19. The monoisotopic (exact) mass is 231 g/mol. The van der Waals surface area contributed by atoms with Crippen molar-refractivity contribution in [2.75, 3.05) is 26.3 Å². The topological polar surface area (TPSA) is 21.3 Å². The van der Waals surface area contributed by atoms with Gasteiger partial charge < -0.3 is 10.1 Å². The molecule has 2 heterocycles. The third-order valence-corrected chi connectivity index (χ3v) is 2.78. The van der Waals surface area contributed by atoms with Gasteiger partial charge in [0.15, 0.2) is 0 Å². The third kappa shape index (κ3) is 12.0. The molecule has 0 spiro atoms. The second-order valence-corrected chi connectivity index (χ2v) is 4.19. The van der Waals surface area contributed by atoms with Crippen LogP contribution >= 0.6 is 0 Å². The summed E-state index contributed by atoms with van der Waals surface area (Å²) in [6.45, 7) is 8.50. The average Bonchev–Trinajstić information content (AvgIpc) is 2.82. The summed E-state index contributed by atoms with van der Waals surface area (Å²) in [5, 5.41) is 3.35. The quantitative estimate of drug-likeness (QED) is 0.680. The van der Waals surface area contributed by atoms with Crippen molar-refractivity contribution in [1.29, 1.82) is 0 Å². The summed E-state index contributed by atoms with van der Waals surface area (Å²) in [4.78, 5) is 0. The highest BCUT2D eigenvalue weighted by Gasteiger charge is 1.95. The number of nitrogens with one attached hydrogen (secondary N) is 1. The fourth-order valence-corrected chi connectivity index (χ4v) is 1.84. The van der Waals surface area contributed by atoms with Crippen LogP contribution in [0.2, 0.25) is 0 Å². The molecule has 0 radical (unpaired) electrons. The summed E-state index contributed by atoms with van der Waals surface area (Å²) < 4.78 is 5.19. The van der Waals surface area contributed by atoms with Crippen LogP contribution in [0.15, 0.2) is 0 Å². The van der Waals surface area contributed by atoms with Crippen LogP contribution < -0.4 is 5.32 Å². The summed E-state index contributed by atoms with van der Waals surface area (Å²) in [6, 6.07) is 0. The minimum atomic E-state index is 0. The summed E-state index contributed by atoms with van der Waals surface area (Å²) in [6.07, 6.45) is 11.0. The Labute approximate surface area is 104 Å². The first kappa shape index (κ1) is 15.9. The molecular weight excluding hydrogens is 198 g/mol. The summed E-state index contributed by atoms with van der Waals surface area (Å²) >= 11 is 0. The number of hydrogen-bond acceptors (Lipinski definition) is 2. The van der Waals surface area contributed by atoms with Crippen molar-refractivity contribution in [3.05, 3.63) is 0 Å². The number of ether oxygens (including phenoxy) is 1. The third-order valence-electron chi connectivity index (χ3n) is 2.78. The van der Waals surface area contributed by atoms with Crippen molar-refractivity contribution in [2.45, 2.75) is 65.2 Å². The average molecular weight is 231 g/mol. The zero-order valence-electron chi connectivity index (χ0n) is 11.4. The van der Waals surface area contributed by atoms with Crippen molar-refractivity contribution in [3.63, 3.8) is 0 Å². The SMILES string of the molecule is C1CCCNCC1.C1CCCOCC1.CC.[HH]. The molecule has 0 bridgehead atoms. The molecule has 1 N–H and O–H groups in total. The summed E-state index contributed by atoms with van der Waals surface area (Å²) in [5.74, 6) is 0. The molecule has 16 heavy (non-hydrogen) atoms. The number of hydrogen-bond donors (Lipinski definition) is 1. The van der Waals surface area contributed by atoms with E-state index in [1.807, 2.05) is 13.8 Å². The van der Waals surface area contributed by atoms with E-state index in [9.17, 15) is 0 Å². The van der Waals surface area contributed by atoms with Crippen LogP contribution in [0.4, 0.5) is 0 Å². The molecule has 2 fully saturated rings. The van der Waals surface area contributed by atoms with Gasteiger partial charge in [0.05, 0.1) is 0 Å². The van der Waals surface area contributed by atoms with Crippen molar-refractivity contribution in [1.82, 2.24) is 5.32 Å². The van der Waals surface area contributed by atoms with Crippen LogP contribution in [0.3, 0.4) is 0 Å². The van der Waals surface area contributed by atoms with Gasteiger partial charge in [-0.2, -0.15) is 0 Å².